The van der Waals surface area contributed by atoms with Crippen LogP contribution in [0.2, 0.25) is 5.02 Å². The average molecular weight is 469 g/mol. The number of aromatic nitrogens is 2. The molecular formula is C19H23ClN5O5S+. The van der Waals surface area contributed by atoms with Crippen molar-refractivity contribution in [2.45, 2.75) is 24.3 Å². The van der Waals surface area contributed by atoms with Crippen molar-refractivity contribution < 1.29 is 22.8 Å². The Balaban J connectivity index is 1.98. The van der Waals surface area contributed by atoms with Gasteiger partial charge in [0.25, 0.3) is 5.82 Å². The molecule has 0 spiro atoms. The van der Waals surface area contributed by atoms with Gasteiger partial charge in [0.1, 0.15) is 4.90 Å². The number of aromatic hydroxyl groups is 1. The molecule has 166 valence electrons. The molecule has 0 fully saturated rings. The Labute approximate surface area is 184 Å². The number of phenols is 1. The van der Waals surface area contributed by atoms with Crippen LogP contribution < -0.4 is 15.2 Å². The van der Waals surface area contributed by atoms with Crippen molar-refractivity contribution in [2.24, 2.45) is 0 Å². The largest absolute Gasteiger partial charge is 0.504 e. The van der Waals surface area contributed by atoms with Gasteiger partial charge in [-0.15, -0.1) is 4.63 Å². The first kappa shape index (κ1) is 22.7. The maximum absolute atomic E-state index is 12.6. The zero-order valence-corrected chi connectivity index (χ0v) is 18.7. The number of nitrogens with zero attached hydrogens (tertiary/aromatic N) is 2. The molecule has 31 heavy (non-hydrogen) atoms. The summed E-state index contributed by atoms with van der Waals surface area (Å²) in [6.45, 7) is 1.96. The van der Waals surface area contributed by atoms with Gasteiger partial charge in [0.15, 0.2) is 10.3 Å². The van der Waals surface area contributed by atoms with Crippen molar-refractivity contribution in [3.63, 3.8) is 0 Å². The van der Waals surface area contributed by atoms with Gasteiger partial charge in [0.2, 0.25) is 10.0 Å². The summed E-state index contributed by atoms with van der Waals surface area (Å²) in [4.78, 5) is 11.7. The molecule has 1 heterocycles. The summed E-state index contributed by atoms with van der Waals surface area (Å²) < 4.78 is 31.1. The lowest BCUT2D eigenvalue weighted by molar-refractivity contribution is -0.701. The van der Waals surface area contributed by atoms with Gasteiger partial charge in [-0.2, -0.15) is 0 Å². The normalized spacial score (nSPS) is 12.7. The van der Waals surface area contributed by atoms with E-state index in [-0.39, 0.29) is 33.0 Å². The van der Waals surface area contributed by atoms with E-state index < -0.39 is 20.7 Å². The molecule has 4 N–H and O–H groups in total. The topological polar surface area (TPSA) is 134 Å². The molecule has 12 heteroatoms. The molecule has 0 saturated carbocycles. The zero-order valence-electron chi connectivity index (χ0n) is 17.1. The number of rotatable bonds is 8. The standard InChI is InChI=1S/C19H22ClN5O5S/c1-4-14(12-8-6-5-7-9-12)22-19-18(23-30-25(19)27)21-15-11-10-13(20)17(16(15)26)31(28,29)24(2)3/h5-11,14,22H,4H2,1-3H3,(H2-,21,23,26,27)/p+1/t14-/m1/s1. The van der Waals surface area contributed by atoms with Crippen molar-refractivity contribution in [1.29, 1.82) is 0 Å². The number of nitrogens with one attached hydrogen (secondary N) is 3. The van der Waals surface area contributed by atoms with E-state index in [0.717, 1.165) is 9.87 Å². The quantitative estimate of drug-likeness (QED) is 0.372. The third-order valence-corrected chi connectivity index (χ3v) is 6.97. The molecule has 0 aliphatic heterocycles. The summed E-state index contributed by atoms with van der Waals surface area (Å²) in [5.41, 5.74) is 0.976. The van der Waals surface area contributed by atoms with Gasteiger partial charge >= 0.3 is 5.82 Å². The van der Waals surface area contributed by atoms with Crippen LogP contribution in [0.3, 0.4) is 0 Å². The van der Waals surface area contributed by atoms with Crippen LogP contribution in [0, 0.1) is 4.91 Å². The average Bonchev–Trinajstić information content (AvgIpc) is 3.07. The lowest BCUT2D eigenvalue weighted by Crippen LogP contribution is -2.23. The van der Waals surface area contributed by atoms with Crippen LogP contribution in [0.1, 0.15) is 24.9 Å². The van der Waals surface area contributed by atoms with Crippen molar-refractivity contribution in [2.75, 3.05) is 24.7 Å². The van der Waals surface area contributed by atoms with Crippen molar-refractivity contribution in [3.05, 3.63) is 58.0 Å². The summed E-state index contributed by atoms with van der Waals surface area (Å²) in [7, 11) is -1.37. The summed E-state index contributed by atoms with van der Waals surface area (Å²) in [6.07, 6.45) is 0.673. The third kappa shape index (κ3) is 4.53. The van der Waals surface area contributed by atoms with Crippen LogP contribution >= 0.6 is 11.6 Å². The highest BCUT2D eigenvalue weighted by Crippen LogP contribution is 2.39. The summed E-state index contributed by atoms with van der Waals surface area (Å²) in [6, 6.07) is 12.1. The number of anilines is 3. The molecule has 10 nitrogen and oxygen atoms in total. The molecule has 0 saturated heterocycles. The summed E-state index contributed by atoms with van der Waals surface area (Å²) in [5, 5.41) is 18.8. The number of halogens is 1. The van der Waals surface area contributed by atoms with E-state index in [1.807, 2.05) is 37.3 Å². The number of sulfonamides is 1. The first-order valence-corrected chi connectivity index (χ1v) is 11.2. The fraction of sp³-hybridized carbons (Fsp3) is 0.263. The molecule has 1 atom stereocenters. The van der Waals surface area contributed by atoms with Gasteiger partial charge in [0.05, 0.1) is 16.8 Å². The minimum atomic E-state index is -4.02. The summed E-state index contributed by atoms with van der Waals surface area (Å²) in [5.74, 6) is -0.466. The minimum Gasteiger partial charge on any atom is -0.504 e. The van der Waals surface area contributed by atoms with E-state index in [2.05, 4.69) is 15.8 Å². The second-order valence-corrected chi connectivity index (χ2v) is 9.37. The number of aromatic amines is 1. The Hall–Kier alpha value is -3.02. The Morgan fingerprint density at radius 1 is 1.23 bits per heavy atom. The van der Waals surface area contributed by atoms with Gasteiger partial charge < -0.3 is 10.4 Å². The van der Waals surface area contributed by atoms with Gasteiger partial charge in [-0.3, -0.25) is 5.32 Å². The monoisotopic (exact) mass is 468 g/mol. The Kier molecular flexibility index (Phi) is 6.58. The molecular weight excluding hydrogens is 446 g/mol. The first-order chi connectivity index (χ1) is 14.7. The van der Waals surface area contributed by atoms with Crippen molar-refractivity contribution in [1.82, 2.24) is 9.46 Å². The van der Waals surface area contributed by atoms with Gasteiger partial charge in [-0.05, 0) is 29.0 Å². The SMILES string of the molecule is CC[C@@H](Nc1c(Nc2ccc(Cl)c(S(=O)(=O)N(C)C)c2O)[nH]o[n+]1=O)c1ccccc1. The molecule has 3 aromatic rings. The van der Waals surface area contributed by atoms with Crippen LogP contribution in [-0.2, 0) is 10.0 Å². The number of H-pyrrole nitrogens is 1. The fourth-order valence-corrected chi connectivity index (χ4v) is 4.44. The highest BCUT2D eigenvalue weighted by molar-refractivity contribution is 7.89. The number of hydrogen-bond acceptors (Lipinski definition) is 7. The molecule has 1 aromatic heterocycles. The van der Waals surface area contributed by atoms with Gasteiger partial charge in [-0.1, -0.05) is 54.0 Å². The fourth-order valence-electron chi connectivity index (χ4n) is 2.96. The highest BCUT2D eigenvalue weighted by Gasteiger charge is 2.29. The van der Waals surface area contributed by atoms with Crippen LogP contribution in [-0.4, -0.2) is 37.1 Å². The Bertz CT molecular complexity index is 1220. The predicted molar refractivity (Wildman–Crippen MR) is 117 cm³/mol. The Morgan fingerprint density at radius 2 is 1.90 bits per heavy atom. The molecule has 0 bridgehead atoms. The molecule has 0 amide bonds. The Morgan fingerprint density at radius 3 is 2.52 bits per heavy atom. The molecule has 0 unspecified atom stereocenters. The predicted octanol–water partition coefficient (Wildman–Crippen LogP) is 3.44. The number of phenolic OH excluding ortho intramolecular Hbond substituents is 1. The number of hydrogen-bond donors (Lipinski definition) is 4. The van der Waals surface area contributed by atoms with E-state index in [0.29, 0.717) is 6.42 Å². The van der Waals surface area contributed by atoms with E-state index in [9.17, 15) is 18.4 Å². The van der Waals surface area contributed by atoms with E-state index in [4.69, 9.17) is 16.2 Å². The van der Waals surface area contributed by atoms with E-state index >= 15 is 0 Å². The van der Waals surface area contributed by atoms with Crippen molar-refractivity contribution >= 4 is 38.9 Å². The van der Waals surface area contributed by atoms with E-state index in [1.165, 1.54) is 26.2 Å². The van der Waals surface area contributed by atoms with Crippen LogP contribution in [0.5, 0.6) is 5.75 Å². The van der Waals surface area contributed by atoms with Crippen LogP contribution in [0.25, 0.3) is 0 Å². The second kappa shape index (κ2) is 9.00. The maximum Gasteiger partial charge on any atom is 0.367 e. The smallest absolute Gasteiger partial charge is 0.367 e. The zero-order chi connectivity index (χ0) is 22.8. The minimum absolute atomic E-state index is 0.0123. The highest BCUT2D eigenvalue weighted by atomic mass is 35.5. The van der Waals surface area contributed by atoms with E-state index in [1.54, 1.807) is 0 Å². The lowest BCUT2D eigenvalue weighted by atomic mass is 10.0. The summed E-state index contributed by atoms with van der Waals surface area (Å²) >= 11 is 6.04. The lowest BCUT2D eigenvalue weighted by Gasteiger charge is -2.16. The van der Waals surface area contributed by atoms with Crippen molar-refractivity contribution in [3.8, 4) is 5.75 Å². The van der Waals surface area contributed by atoms with Crippen LogP contribution in [0.4, 0.5) is 17.3 Å². The van der Waals surface area contributed by atoms with Gasteiger partial charge in [-0.25, -0.2) is 12.7 Å². The molecule has 0 aliphatic carbocycles. The second-order valence-electron chi connectivity index (χ2n) is 6.88. The molecule has 2 aromatic carbocycles. The first-order valence-electron chi connectivity index (χ1n) is 9.33. The molecule has 0 radical (unpaired) electrons. The molecule has 3 rings (SSSR count). The van der Waals surface area contributed by atoms with Gasteiger partial charge in [0, 0.05) is 14.1 Å². The third-order valence-electron chi connectivity index (χ3n) is 4.65. The number of benzene rings is 2. The maximum atomic E-state index is 12.6. The molecule has 0 aliphatic rings. The van der Waals surface area contributed by atoms with Crippen LogP contribution in [0.15, 0.2) is 52.0 Å².